The van der Waals surface area contributed by atoms with Gasteiger partial charge in [-0.05, 0) is 55.5 Å². The van der Waals surface area contributed by atoms with Crippen LogP contribution in [-0.4, -0.2) is 14.3 Å². The van der Waals surface area contributed by atoms with E-state index in [-0.39, 0.29) is 26.2 Å². The van der Waals surface area contributed by atoms with Crippen LogP contribution in [0, 0.1) is 12.7 Å². The Bertz CT molecular complexity index is 1180. The van der Waals surface area contributed by atoms with Crippen LogP contribution in [0.4, 0.5) is 15.8 Å². The third kappa shape index (κ3) is 5.06. The fourth-order valence-corrected chi connectivity index (χ4v) is 3.96. The number of aryl methyl sites for hydroxylation is 1. The molecule has 0 aliphatic rings. The fourth-order valence-electron chi connectivity index (χ4n) is 2.47. The van der Waals surface area contributed by atoms with Gasteiger partial charge < -0.3 is 5.32 Å². The van der Waals surface area contributed by atoms with Crippen LogP contribution < -0.4 is 10.0 Å². The van der Waals surface area contributed by atoms with Crippen LogP contribution in [0.5, 0.6) is 0 Å². The molecule has 0 atom stereocenters. The summed E-state index contributed by atoms with van der Waals surface area (Å²) in [5.74, 6) is -1.15. The molecule has 3 aromatic carbocycles. The Labute approximate surface area is 177 Å². The molecule has 0 unspecified atom stereocenters. The summed E-state index contributed by atoms with van der Waals surface area (Å²) in [4.78, 5) is 12.5. The Kier molecular flexibility index (Phi) is 6.12. The quantitative estimate of drug-likeness (QED) is 0.536. The Morgan fingerprint density at radius 2 is 1.52 bits per heavy atom. The van der Waals surface area contributed by atoms with Crippen molar-refractivity contribution in [3.8, 4) is 0 Å². The molecule has 0 radical (unpaired) electrons. The van der Waals surface area contributed by atoms with Gasteiger partial charge in [-0.2, -0.15) is 0 Å². The highest BCUT2D eigenvalue weighted by Gasteiger charge is 2.17. The Hall–Kier alpha value is -2.61. The number of rotatable bonds is 5. The van der Waals surface area contributed by atoms with Crippen molar-refractivity contribution in [2.75, 3.05) is 10.0 Å². The van der Waals surface area contributed by atoms with Crippen LogP contribution in [0.3, 0.4) is 0 Å². The molecule has 3 rings (SSSR count). The van der Waals surface area contributed by atoms with E-state index in [2.05, 4.69) is 10.0 Å². The minimum absolute atomic E-state index is 0.0415. The van der Waals surface area contributed by atoms with Gasteiger partial charge in [0.1, 0.15) is 5.82 Å². The predicted molar refractivity (Wildman–Crippen MR) is 113 cm³/mol. The number of carbonyl (C=O) groups is 1. The topological polar surface area (TPSA) is 75.3 Å². The third-order valence-electron chi connectivity index (χ3n) is 3.97. The van der Waals surface area contributed by atoms with Crippen LogP contribution in [0.25, 0.3) is 0 Å². The zero-order valence-electron chi connectivity index (χ0n) is 15.0. The molecular formula is C20H15Cl2FN2O3S. The fraction of sp³-hybridized carbons (Fsp3) is 0.0500. The van der Waals surface area contributed by atoms with Gasteiger partial charge >= 0.3 is 0 Å². The number of hydrogen-bond donors (Lipinski definition) is 2. The summed E-state index contributed by atoms with van der Waals surface area (Å²) in [7, 11) is -3.80. The number of amides is 1. The van der Waals surface area contributed by atoms with Crippen molar-refractivity contribution in [3.63, 3.8) is 0 Å². The standard InChI is InChI=1S/C20H15Cl2FN2O3S/c1-12-2-6-15(7-3-12)29(27,28)25-14-4-8-16(17(21)11-14)20(26)24-13-5-9-19(23)18(22)10-13/h2-11,25H,1H3,(H,24,26). The molecule has 150 valence electrons. The number of nitrogens with one attached hydrogen (secondary N) is 2. The first-order valence-electron chi connectivity index (χ1n) is 8.31. The first-order valence-corrected chi connectivity index (χ1v) is 10.5. The molecule has 29 heavy (non-hydrogen) atoms. The Balaban J connectivity index is 1.78. The minimum atomic E-state index is -3.80. The molecule has 0 saturated heterocycles. The second-order valence-corrected chi connectivity index (χ2v) is 8.69. The molecular weight excluding hydrogens is 438 g/mol. The molecule has 0 aliphatic carbocycles. The normalized spacial score (nSPS) is 11.2. The van der Waals surface area contributed by atoms with E-state index in [1.807, 2.05) is 6.92 Å². The molecule has 5 nitrogen and oxygen atoms in total. The van der Waals surface area contributed by atoms with Crippen LogP contribution in [0.15, 0.2) is 65.6 Å². The highest BCUT2D eigenvalue weighted by atomic mass is 35.5. The summed E-state index contributed by atoms with van der Waals surface area (Å²) in [6.07, 6.45) is 0. The van der Waals surface area contributed by atoms with Crippen LogP contribution in [0.2, 0.25) is 10.0 Å². The van der Waals surface area contributed by atoms with E-state index < -0.39 is 21.7 Å². The molecule has 2 N–H and O–H groups in total. The summed E-state index contributed by atoms with van der Waals surface area (Å²) in [6, 6.07) is 14.3. The van der Waals surface area contributed by atoms with Crippen LogP contribution in [0.1, 0.15) is 15.9 Å². The lowest BCUT2D eigenvalue weighted by Crippen LogP contribution is -2.15. The van der Waals surface area contributed by atoms with E-state index in [1.54, 1.807) is 12.1 Å². The molecule has 0 saturated carbocycles. The molecule has 1 amide bonds. The molecule has 3 aromatic rings. The monoisotopic (exact) mass is 452 g/mol. The van der Waals surface area contributed by atoms with Crippen LogP contribution in [-0.2, 0) is 10.0 Å². The zero-order valence-corrected chi connectivity index (χ0v) is 17.4. The van der Waals surface area contributed by atoms with Crippen molar-refractivity contribution in [2.45, 2.75) is 11.8 Å². The average Bonchev–Trinajstić information content (AvgIpc) is 2.65. The second-order valence-electron chi connectivity index (χ2n) is 6.20. The van der Waals surface area contributed by atoms with Crippen LogP contribution >= 0.6 is 23.2 Å². The summed E-state index contributed by atoms with van der Waals surface area (Å²) < 4.78 is 40.6. The molecule has 0 bridgehead atoms. The van der Waals surface area contributed by atoms with Gasteiger partial charge in [-0.3, -0.25) is 9.52 Å². The molecule has 0 aromatic heterocycles. The van der Waals surface area contributed by atoms with Gasteiger partial charge in [-0.1, -0.05) is 40.9 Å². The van der Waals surface area contributed by atoms with E-state index in [0.29, 0.717) is 5.69 Å². The largest absolute Gasteiger partial charge is 0.322 e. The highest BCUT2D eigenvalue weighted by molar-refractivity contribution is 7.92. The van der Waals surface area contributed by atoms with Crippen molar-refractivity contribution < 1.29 is 17.6 Å². The lowest BCUT2D eigenvalue weighted by Gasteiger charge is -2.11. The zero-order chi connectivity index (χ0) is 21.2. The Morgan fingerprint density at radius 3 is 2.14 bits per heavy atom. The van der Waals surface area contributed by atoms with E-state index in [1.165, 1.54) is 42.5 Å². The van der Waals surface area contributed by atoms with Crippen molar-refractivity contribution in [1.82, 2.24) is 0 Å². The maximum absolute atomic E-state index is 13.2. The van der Waals surface area contributed by atoms with Gasteiger partial charge in [0.05, 0.1) is 26.2 Å². The first kappa shape index (κ1) is 21.1. The number of anilines is 2. The van der Waals surface area contributed by atoms with E-state index in [4.69, 9.17) is 23.2 Å². The van der Waals surface area contributed by atoms with Gasteiger partial charge in [-0.25, -0.2) is 12.8 Å². The number of benzene rings is 3. The lowest BCUT2D eigenvalue weighted by molar-refractivity contribution is 0.102. The van der Waals surface area contributed by atoms with Crippen molar-refractivity contribution in [3.05, 3.63) is 87.7 Å². The summed E-state index contributed by atoms with van der Waals surface area (Å²) in [5.41, 5.74) is 1.55. The SMILES string of the molecule is Cc1ccc(S(=O)(=O)Nc2ccc(C(=O)Nc3ccc(F)c(Cl)c3)c(Cl)c2)cc1. The molecule has 0 aliphatic heterocycles. The van der Waals surface area contributed by atoms with Crippen molar-refractivity contribution >= 4 is 50.5 Å². The lowest BCUT2D eigenvalue weighted by atomic mass is 10.2. The molecule has 0 heterocycles. The molecule has 0 spiro atoms. The van der Waals surface area contributed by atoms with E-state index >= 15 is 0 Å². The van der Waals surface area contributed by atoms with Crippen molar-refractivity contribution in [2.24, 2.45) is 0 Å². The average molecular weight is 453 g/mol. The smallest absolute Gasteiger partial charge is 0.261 e. The number of halogens is 3. The maximum atomic E-state index is 13.2. The highest BCUT2D eigenvalue weighted by Crippen LogP contribution is 2.25. The van der Waals surface area contributed by atoms with Gasteiger partial charge in [-0.15, -0.1) is 0 Å². The Morgan fingerprint density at radius 1 is 0.897 bits per heavy atom. The van der Waals surface area contributed by atoms with E-state index in [0.717, 1.165) is 11.6 Å². The molecule has 0 fully saturated rings. The second kappa shape index (κ2) is 8.41. The molecule has 9 heteroatoms. The number of sulfonamides is 1. The van der Waals surface area contributed by atoms with E-state index in [9.17, 15) is 17.6 Å². The minimum Gasteiger partial charge on any atom is -0.322 e. The number of hydrogen-bond acceptors (Lipinski definition) is 3. The van der Waals surface area contributed by atoms with Gasteiger partial charge in [0.25, 0.3) is 15.9 Å². The summed E-state index contributed by atoms with van der Waals surface area (Å²) in [5, 5.41) is 2.46. The maximum Gasteiger partial charge on any atom is 0.261 e. The third-order valence-corrected chi connectivity index (χ3v) is 5.97. The first-order chi connectivity index (χ1) is 13.7. The summed E-state index contributed by atoms with van der Waals surface area (Å²) >= 11 is 11.9. The van der Waals surface area contributed by atoms with Gasteiger partial charge in [0.15, 0.2) is 0 Å². The van der Waals surface area contributed by atoms with Gasteiger partial charge in [0, 0.05) is 5.69 Å². The number of carbonyl (C=O) groups excluding carboxylic acids is 1. The summed E-state index contributed by atoms with van der Waals surface area (Å²) in [6.45, 7) is 1.85. The van der Waals surface area contributed by atoms with Crippen molar-refractivity contribution in [1.29, 1.82) is 0 Å². The predicted octanol–water partition coefficient (Wildman–Crippen LogP) is 5.49. The van der Waals surface area contributed by atoms with Gasteiger partial charge in [0.2, 0.25) is 0 Å².